The molecule has 0 unspecified atom stereocenters. The topological polar surface area (TPSA) is 66.9 Å². The third kappa shape index (κ3) is 5.06. The van der Waals surface area contributed by atoms with Crippen molar-refractivity contribution in [3.8, 4) is 27.8 Å². The summed E-state index contributed by atoms with van der Waals surface area (Å²) in [5.74, 6) is 1.60. The first-order valence-corrected chi connectivity index (χ1v) is 10.1. The molecule has 0 fully saturated rings. The fourth-order valence-electron chi connectivity index (χ4n) is 2.68. The van der Waals surface area contributed by atoms with Crippen molar-refractivity contribution in [1.82, 2.24) is 4.98 Å². The van der Waals surface area contributed by atoms with Gasteiger partial charge in [-0.05, 0) is 42.8 Å². The van der Waals surface area contributed by atoms with Crippen molar-refractivity contribution in [3.05, 3.63) is 59.1 Å². The van der Waals surface area contributed by atoms with E-state index in [1.165, 1.54) is 11.3 Å². The quantitative estimate of drug-likeness (QED) is 0.461. The number of thiazole rings is 1. The normalized spacial score (nSPS) is 10.4. The molecule has 0 radical (unpaired) electrons. The van der Waals surface area contributed by atoms with Crippen LogP contribution in [0.5, 0.6) is 17.2 Å². The van der Waals surface area contributed by atoms with Gasteiger partial charge in [0, 0.05) is 5.38 Å². The summed E-state index contributed by atoms with van der Waals surface area (Å²) in [5, 5.41) is 2.63. The Morgan fingerprint density at radius 2 is 1.86 bits per heavy atom. The lowest BCUT2D eigenvalue weighted by molar-refractivity contribution is 0.0468. The van der Waals surface area contributed by atoms with E-state index in [2.05, 4.69) is 4.98 Å². The Kier molecular flexibility index (Phi) is 7.08. The summed E-state index contributed by atoms with van der Waals surface area (Å²) in [4.78, 5) is 16.8. The monoisotopic (exact) mass is 413 g/mol. The standard InChI is InChI=1S/C22H23NO5S/c1-4-12-27-17-10-8-15(9-11-17)22(24)28-13-16-14-29-21(23-16)18-6-5-7-19(25-2)20(18)26-3/h5-11,14H,4,12-13H2,1-3H3. The van der Waals surface area contributed by atoms with Crippen molar-refractivity contribution >= 4 is 17.3 Å². The van der Waals surface area contributed by atoms with Crippen LogP contribution in [0.25, 0.3) is 10.6 Å². The van der Waals surface area contributed by atoms with Gasteiger partial charge < -0.3 is 18.9 Å². The lowest BCUT2D eigenvalue weighted by Crippen LogP contribution is -2.05. The molecule has 0 N–H and O–H groups in total. The lowest BCUT2D eigenvalue weighted by atomic mass is 10.2. The molecule has 0 aliphatic rings. The van der Waals surface area contributed by atoms with Crippen molar-refractivity contribution in [1.29, 1.82) is 0 Å². The first-order chi connectivity index (χ1) is 14.2. The van der Waals surface area contributed by atoms with Crippen molar-refractivity contribution < 1.29 is 23.7 Å². The molecule has 0 saturated heterocycles. The van der Waals surface area contributed by atoms with Crippen LogP contribution in [0.3, 0.4) is 0 Å². The molecule has 0 saturated carbocycles. The van der Waals surface area contributed by atoms with E-state index in [0.717, 1.165) is 22.7 Å². The van der Waals surface area contributed by atoms with Gasteiger partial charge >= 0.3 is 5.97 Å². The second-order valence-corrected chi connectivity index (χ2v) is 6.99. The van der Waals surface area contributed by atoms with Gasteiger partial charge in [-0.2, -0.15) is 0 Å². The Morgan fingerprint density at radius 3 is 2.55 bits per heavy atom. The highest BCUT2D eigenvalue weighted by atomic mass is 32.1. The van der Waals surface area contributed by atoms with Crippen LogP contribution in [0.2, 0.25) is 0 Å². The van der Waals surface area contributed by atoms with E-state index in [1.54, 1.807) is 38.5 Å². The molecule has 0 aliphatic heterocycles. The van der Waals surface area contributed by atoms with Gasteiger partial charge in [-0.3, -0.25) is 0 Å². The Bertz CT molecular complexity index is 952. The van der Waals surface area contributed by atoms with Crippen LogP contribution in [0.15, 0.2) is 47.8 Å². The molecule has 3 aromatic rings. The van der Waals surface area contributed by atoms with E-state index in [0.29, 0.717) is 29.4 Å². The molecule has 2 aromatic carbocycles. The summed E-state index contributed by atoms with van der Waals surface area (Å²) in [6.45, 7) is 2.78. The van der Waals surface area contributed by atoms with Crippen LogP contribution in [0.1, 0.15) is 29.4 Å². The minimum Gasteiger partial charge on any atom is -0.494 e. The van der Waals surface area contributed by atoms with Crippen LogP contribution in [0.4, 0.5) is 0 Å². The van der Waals surface area contributed by atoms with Gasteiger partial charge in [-0.15, -0.1) is 11.3 Å². The van der Waals surface area contributed by atoms with Gasteiger partial charge in [0.25, 0.3) is 0 Å². The predicted octanol–water partition coefficient (Wildman–Crippen LogP) is 4.97. The molecule has 152 valence electrons. The Labute approximate surface area is 174 Å². The third-order valence-electron chi connectivity index (χ3n) is 4.10. The number of esters is 1. The maximum Gasteiger partial charge on any atom is 0.338 e. The molecule has 0 bridgehead atoms. The summed E-state index contributed by atoms with van der Waals surface area (Å²) in [6, 6.07) is 12.5. The van der Waals surface area contributed by atoms with Gasteiger partial charge in [0.05, 0.1) is 37.6 Å². The van der Waals surface area contributed by atoms with Crippen molar-refractivity contribution in [2.45, 2.75) is 20.0 Å². The first kappa shape index (κ1) is 20.7. The highest BCUT2D eigenvalue weighted by molar-refractivity contribution is 7.13. The lowest BCUT2D eigenvalue weighted by Gasteiger charge is -2.10. The van der Waals surface area contributed by atoms with Gasteiger partial charge in [0.2, 0.25) is 0 Å². The van der Waals surface area contributed by atoms with Crippen LogP contribution in [-0.2, 0) is 11.3 Å². The Morgan fingerprint density at radius 1 is 1.07 bits per heavy atom. The largest absolute Gasteiger partial charge is 0.494 e. The molecule has 0 atom stereocenters. The second-order valence-electron chi connectivity index (χ2n) is 6.13. The number of hydrogen-bond acceptors (Lipinski definition) is 7. The maximum atomic E-state index is 12.3. The number of nitrogens with zero attached hydrogens (tertiary/aromatic N) is 1. The molecule has 0 amide bonds. The zero-order valence-corrected chi connectivity index (χ0v) is 17.5. The number of benzene rings is 2. The number of aromatic nitrogens is 1. The molecule has 0 aliphatic carbocycles. The third-order valence-corrected chi connectivity index (χ3v) is 5.02. The van der Waals surface area contributed by atoms with E-state index in [1.807, 2.05) is 30.5 Å². The minimum atomic E-state index is -0.402. The summed E-state index contributed by atoms with van der Waals surface area (Å²) >= 11 is 1.45. The number of carbonyl (C=O) groups excluding carboxylic acids is 1. The summed E-state index contributed by atoms with van der Waals surface area (Å²) in [5.41, 5.74) is 1.97. The van der Waals surface area contributed by atoms with E-state index in [-0.39, 0.29) is 6.61 Å². The Hall–Kier alpha value is -3.06. The number of ether oxygens (including phenoxy) is 4. The first-order valence-electron chi connectivity index (χ1n) is 9.22. The summed E-state index contributed by atoms with van der Waals surface area (Å²) in [7, 11) is 3.19. The van der Waals surface area contributed by atoms with Crippen LogP contribution < -0.4 is 14.2 Å². The smallest absolute Gasteiger partial charge is 0.338 e. The van der Waals surface area contributed by atoms with Crippen LogP contribution in [0, 0.1) is 0 Å². The fraction of sp³-hybridized carbons (Fsp3) is 0.273. The number of carbonyl (C=O) groups is 1. The van der Waals surface area contributed by atoms with Crippen molar-refractivity contribution in [2.75, 3.05) is 20.8 Å². The van der Waals surface area contributed by atoms with E-state index in [4.69, 9.17) is 18.9 Å². The molecular formula is C22H23NO5S. The molecule has 1 heterocycles. The average Bonchev–Trinajstić information content (AvgIpc) is 3.24. The van der Waals surface area contributed by atoms with Crippen LogP contribution in [-0.4, -0.2) is 31.8 Å². The van der Waals surface area contributed by atoms with Gasteiger partial charge in [-0.1, -0.05) is 13.0 Å². The molecule has 0 spiro atoms. The number of rotatable bonds is 9. The summed E-state index contributed by atoms with van der Waals surface area (Å²) in [6.07, 6.45) is 0.932. The van der Waals surface area contributed by atoms with E-state index < -0.39 is 5.97 Å². The Balaban J connectivity index is 1.64. The van der Waals surface area contributed by atoms with E-state index >= 15 is 0 Å². The fourth-order valence-corrected chi connectivity index (χ4v) is 3.51. The van der Waals surface area contributed by atoms with Crippen molar-refractivity contribution in [2.24, 2.45) is 0 Å². The second kappa shape index (κ2) is 9.93. The molecule has 3 rings (SSSR count). The highest BCUT2D eigenvalue weighted by Crippen LogP contribution is 2.39. The molecule has 1 aromatic heterocycles. The predicted molar refractivity (Wildman–Crippen MR) is 112 cm³/mol. The molecule has 29 heavy (non-hydrogen) atoms. The number of para-hydroxylation sites is 1. The molecular weight excluding hydrogens is 390 g/mol. The SMILES string of the molecule is CCCOc1ccc(C(=O)OCc2csc(-c3cccc(OC)c3OC)n2)cc1. The van der Waals surface area contributed by atoms with Crippen molar-refractivity contribution in [3.63, 3.8) is 0 Å². The number of methoxy groups -OCH3 is 2. The van der Waals surface area contributed by atoms with E-state index in [9.17, 15) is 4.79 Å². The highest BCUT2D eigenvalue weighted by Gasteiger charge is 2.15. The van der Waals surface area contributed by atoms with Gasteiger partial charge in [0.1, 0.15) is 17.4 Å². The zero-order chi connectivity index (χ0) is 20.6. The average molecular weight is 413 g/mol. The maximum absolute atomic E-state index is 12.3. The summed E-state index contributed by atoms with van der Waals surface area (Å²) < 4.78 is 21.7. The van der Waals surface area contributed by atoms with Crippen LogP contribution >= 0.6 is 11.3 Å². The minimum absolute atomic E-state index is 0.0930. The zero-order valence-electron chi connectivity index (χ0n) is 16.6. The van der Waals surface area contributed by atoms with Gasteiger partial charge in [-0.25, -0.2) is 9.78 Å². The molecule has 7 heteroatoms. The van der Waals surface area contributed by atoms with Gasteiger partial charge in [0.15, 0.2) is 11.5 Å². The molecule has 6 nitrogen and oxygen atoms in total. The number of hydrogen-bond donors (Lipinski definition) is 0.